The number of nitriles is 1. The lowest BCUT2D eigenvalue weighted by Crippen LogP contribution is -2.50. The van der Waals surface area contributed by atoms with E-state index in [-0.39, 0.29) is 132 Å². The molecule has 0 spiro atoms. The minimum Gasteiger partial charge on any atom is -0.494 e. The zero-order valence-corrected chi connectivity index (χ0v) is 58.0. The lowest BCUT2D eigenvalue weighted by atomic mass is 9.91. The molecule has 7 amide bonds. The predicted octanol–water partition coefficient (Wildman–Crippen LogP) is 4.27. The maximum Gasteiger partial charge on any atom is 0.317 e. The predicted molar refractivity (Wildman–Crippen MR) is 364 cm³/mol. The third-order valence-corrected chi connectivity index (χ3v) is 20.1. The topological polar surface area (TPSA) is 336 Å². The van der Waals surface area contributed by atoms with Crippen molar-refractivity contribution < 1.29 is 76.8 Å². The molecule has 4 aliphatic rings. The smallest absolute Gasteiger partial charge is 0.317 e. The van der Waals surface area contributed by atoms with Crippen LogP contribution in [0.3, 0.4) is 0 Å². The number of benzene rings is 2. The highest BCUT2D eigenvalue weighted by Crippen LogP contribution is 2.34. The molecule has 6 N–H and O–H groups in total. The first kappa shape index (κ1) is 77.2. The molecule has 5 heterocycles. The number of nitrogens with one attached hydrogen (secondary N) is 3. The number of carboxylic acids is 3. The summed E-state index contributed by atoms with van der Waals surface area (Å²) in [7, 11) is 0. The fraction of sp³-hybridized carbons (Fsp3) is 0.612. The Morgan fingerprint density at radius 3 is 2.01 bits per heavy atom. The molecule has 1 aromatic heterocycles. The molecule has 0 bridgehead atoms. The van der Waals surface area contributed by atoms with Crippen molar-refractivity contribution in [3.8, 4) is 11.8 Å². The molecule has 4 fully saturated rings. The van der Waals surface area contributed by atoms with Crippen LogP contribution in [0, 0.1) is 26.7 Å². The van der Waals surface area contributed by atoms with Gasteiger partial charge < -0.3 is 45.8 Å². The van der Waals surface area contributed by atoms with Gasteiger partial charge in [0.25, 0.3) is 11.8 Å². The van der Waals surface area contributed by atoms with Crippen LogP contribution in [0.1, 0.15) is 106 Å². The van der Waals surface area contributed by atoms with Crippen molar-refractivity contribution in [2.24, 2.45) is 11.8 Å². The van der Waals surface area contributed by atoms with Gasteiger partial charge in [0, 0.05) is 125 Å². The van der Waals surface area contributed by atoms with Gasteiger partial charge in [0.15, 0.2) is 0 Å². The lowest BCUT2D eigenvalue weighted by Gasteiger charge is -2.34. The SMILES string of the molecule is C[C@H](CN1C(=O)CC(SC(CCCCCNC(=O)CCCc2ccc(I)cc2)CNC(=O)CN2CCN(CC(=O)O)CCN(CC(=O)O)CCN(CC(=O)O)CC2)C1=O)C(=O)N1CCC(CCCCOc2ccc3nccc(C(=O)NCC(=O)N4CC(F)(F)C[C@@H]4C#N)c3c2)CC1. The largest absolute Gasteiger partial charge is 0.494 e. The van der Waals surface area contributed by atoms with Crippen LogP contribution in [0.15, 0.2) is 54.7 Å². The summed E-state index contributed by atoms with van der Waals surface area (Å²) in [5.41, 5.74) is 1.88. The summed E-state index contributed by atoms with van der Waals surface area (Å²) < 4.78 is 35.1. The number of carbonyl (C=O) groups is 10. The van der Waals surface area contributed by atoms with Crippen LogP contribution in [-0.2, 0) is 49.6 Å². The van der Waals surface area contributed by atoms with E-state index in [0.29, 0.717) is 74.5 Å². The van der Waals surface area contributed by atoms with E-state index in [0.717, 1.165) is 59.8 Å². The number of amides is 7. The van der Waals surface area contributed by atoms with Crippen molar-refractivity contribution in [2.75, 3.05) is 131 Å². The van der Waals surface area contributed by atoms with Crippen LogP contribution in [0.25, 0.3) is 10.9 Å². The minimum absolute atomic E-state index is 0.0239. The number of aryl methyl sites for hydroxylation is 1. The number of fused-ring (bicyclic) bond motifs is 1. The summed E-state index contributed by atoms with van der Waals surface area (Å²) in [6, 6.07) is 15.3. The number of piperidine rings is 1. The van der Waals surface area contributed by atoms with E-state index in [1.54, 1.807) is 50.8 Å². The number of thioether (sulfide) groups is 1. The van der Waals surface area contributed by atoms with Crippen molar-refractivity contribution in [1.29, 1.82) is 5.26 Å². The van der Waals surface area contributed by atoms with Gasteiger partial charge in [-0.1, -0.05) is 38.3 Å². The van der Waals surface area contributed by atoms with E-state index in [9.17, 15) is 77.3 Å². The summed E-state index contributed by atoms with van der Waals surface area (Å²) in [4.78, 5) is 145. The summed E-state index contributed by atoms with van der Waals surface area (Å²) >= 11 is 3.57. The van der Waals surface area contributed by atoms with E-state index in [2.05, 4.69) is 55.7 Å². The number of pyridine rings is 1. The van der Waals surface area contributed by atoms with Gasteiger partial charge in [-0.05, 0) is 122 Å². The molecular weight excluding hydrogens is 1390 g/mol. The van der Waals surface area contributed by atoms with Gasteiger partial charge >= 0.3 is 17.9 Å². The molecule has 4 atom stereocenters. The van der Waals surface area contributed by atoms with E-state index in [1.807, 2.05) is 17.0 Å². The van der Waals surface area contributed by atoms with Crippen LogP contribution < -0.4 is 20.7 Å². The maximum absolute atomic E-state index is 14.2. The van der Waals surface area contributed by atoms with Crippen LogP contribution in [0.5, 0.6) is 5.75 Å². The molecule has 0 aliphatic carbocycles. The van der Waals surface area contributed by atoms with Crippen LogP contribution in [0.4, 0.5) is 8.78 Å². The van der Waals surface area contributed by atoms with Crippen LogP contribution in [-0.4, -0.2) is 267 Å². The number of aromatic nitrogens is 1. The Hall–Kier alpha value is -7.18. The average molecular weight is 1490 g/mol. The van der Waals surface area contributed by atoms with Gasteiger partial charge in [0.2, 0.25) is 35.4 Å². The first-order valence-electron chi connectivity index (χ1n) is 33.4. The highest BCUT2D eigenvalue weighted by molar-refractivity contribution is 14.1. The number of ether oxygens (including phenoxy) is 1. The van der Waals surface area contributed by atoms with Gasteiger partial charge in [-0.25, -0.2) is 8.78 Å². The second-order valence-electron chi connectivity index (χ2n) is 25.5. The molecule has 4 saturated heterocycles. The number of imide groups is 1. The highest BCUT2D eigenvalue weighted by atomic mass is 127. The zero-order chi connectivity index (χ0) is 70.0. The van der Waals surface area contributed by atoms with Gasteiger partial charge in [-0.3, -0.25) is 77.4 Å². The quantitative estimate of drug-likeness (QED) is 0.0276. The highest BCUT2D eigenvalue weighted by Gasteiger charge is 2.47. The van der Waals surface area contributed by atoms with Crippen molar-refractivity contribution in [3.63, 3.8) is 0 Å². The zero-order valence-electron chi connectivity index (χ0n) is 55.0. The molecule has 530 valence electrons. The molecule has 26 nitrogen and oxygen atoms in total. The molecule has 0 radical (unpaired) electrons. The Balaban J connectivity index is 0.868. The maximum atomic E-state index is 14.2. The molecule has 2 unspecified atom stereocenters. The van der Waals surface area contributed by atoms with E-state index < -0.39 is 78.3 Å². The first-order valence-corrected chi connectivity index (χ1v) is 35.4. The van der Waals surface area contributed by atoms with Gasteiger partial charge in [0.1, 0.15) is 11.8 Å². The van der Waals surface area contributed by atoms with Crippen molar-refractivity contribution in [1.82, 2.24) is 55.2 Å². The summed E-state index contributed by atoms with van der Waals surface area (Å²) in [6.45, 7) is 3.10. The standard InChI is InChI=1S/C67H91F2IN12O14S/c1-46(65(94)80-23-19-48(20-24-80)8-4-6-33-96-51-16-17-55-54(34-51)53(18-22-72-55)64(93)75-39-60(86)82-45-67(68,69)36-50(82)37-71)40-81-59(85)35-56(66(81)95)97-52(10-3-2-5-21-73-57(83)11-7-9-47-12-14-49(70)15-13-47)38-74-58(84)41-76-25-27-77(42-61(87)88)29-31-79(44-63(91)92)32-30-78(28-26-76)43-62(89)90/h12-18,22,34,46,48,50,52,56H,2-11,19-21,23-33,35-36,38-45H2,1H3,(H,73,83)(H,74,84)(H,75,93)(H,87,88)(H,89,90)(H,91,92)/t46-,50-,52?,56?/m1/s1. The van der Waals surface area contributed by atoms with Crippen LogP contribution in [0.2, 0.25) is 0 Å². The second kappa shape index (κ2) is 38.8. The Morgan fingerprint density at radius 1 is 0.763 bits per heavy atom. The Kier molecular flexibility index (Phi) is 30.9. The fourth-order valence-electron chi connectivity index (χ4n) is 12.6. The molecule has 2 aromatic carbocycles. The van der Waals surface area contributed by atoms with Crippen molar-refractivity contribution in [3.05, 3.63) is 69.4 Å². The number of aliphatic carboxylic acids is 3. The summed E-state index contributed by atoms with van der Waals surface area (Å²) in [5.74, 6) is -8.89. The number of carboxylic acid groups (broad SMARTS) is 3. The molecule has 4 aliphatic heterocycles. The number of nitrogens with zero attached hydrogens (tertiary/aromatic N) is 9. The molecular formula is C67H91F2IN12O14S. The Labute approximate surface area is 582 Å². The van der Waals surface area contributed by atoms with Gasteiger partial charge in [-0.2, -0.15) is 5.26 Å². The van der Waals surface area contributed by atoms with Gasteiger partial charge in [-0.15, -0.1) is 11.8 Å². The number of rotatable bonds is 34. The number of carbonyl (C=O) groups excluding carboxylic acids is 7. The third kappa shape index (κ3) is 25.9. The molecule has 3 aromatic rings. The normalized spacial score (nSPS) is 19.4. The van der Waals surface area contributed by atoms with Crippen molar-refractivity contribution in [2.45, 2.75) is 119 Å². The minimum atomic E-state index is -3.18. The summed E-state index contributed by atoms with van der Waals surface area (Å²) in [5, 5.41) is 46.1. The third-order valence-electron chi connectivity index (χ3n) is 17.9. The average Bonchev–Trinajstić information content (AvgIpc) is 1.75. The second-order valence-corrected chi connectivity index (χ2v) is 28.3. The number of halogens is 3. The van der Waals surface area contributed by atoms with Crippen LogP contribution >= 0.6 is 34.4 Å². The number of likely N-dealkylation sites (tertiary alicyclic amines) is 3. The lowest BCUT2D eigenvalue weighted by molar-refractivity contribution is -0.143. The van der Waals surface area contributed by atoms with E-state index in [1.165, 1.54) is 34.5 Å². The fourth-order valence-corrected chi connectivity index (χ4v) is 14.3. The summed E-state index contributed by atoms with van der Waals surface area (Å²) in [6.07, 6.45) is 9.29. The van der Waals surface area contributed by atoms with E-state index in [4.69, 9.17) is 4.74 Å². The molecule has 30 heteroatoms. The van der Waals surface area contributed by atoms with E-state index >= 15 is 0 Å². The number of hydrogen-bond acceptors (Lipinski definition) is 18. The molecule has 7 rings (SSSR count). The molecule has 0 saturated carbocycles. The number of alkyl halides is 2. The Morgan fingerprint density at radius 2 is 1.39 bits per heavy atom. The first-order chi connectivity index (χ1) is 46.4. The Bertz CT molecular complexity index is 3220. The monoisotopic (exact) mass is 1480 g/mol. The number of hydrogen-bond donors (Lipinski definition) is 6. The van der Waals surface area contributed by atoms with Crippen molar-refractivity contribution >= 4 is 105 Å². The molecule has 97 heavy (non-hydrogen) atoms. The number of unbranched alkanes of at least 4 members (excludes halogenated alkanes) is 3. The van der Waals surface area contributed by atoms with Gasteiger partial charge in [0.05, 0.1) is 74.2 Å².